The van der Waals surface area contributed by atoms with Gasteiger partial charge in [-0.15, -0.1) is 0 Å². The molecule has 0 heterocycles. The molecule has 3 saturated carbocycles. The Morgan fingerprint density at radius 2 is 1.77 bits per heavy atom. The molecular formula is C29H46O. The molecule has 4 rings (SSSR count). The van der Waals surface area contributed by atoms with Gasteiger partial charge in [-0.1, -0.05) is 59.3 Å². The molecule has 1 heteroatoms. The van der Waals surface area contributed by atoms with E-state index in [0.717, 1.165) is 48.3 Å². The molecule has 30 heavy (non-hydrogen) atoms. The molecule has 0 amide bonds. The lowest BCUT2D eigenvalue weighted by molar-refractivity contribution is -0.117. The van der Waals surface area contributed by atoms with Crippen molar-refractivity contribution in [3.8, 4) is 0 Å². The Bertz CT molecular complexity index is 714. The van der Waals surface area contributed by atoms with Crippen LogP contribution in [-0.2, 0) is 4.79 Å². The van der Waals surface area contributed by atoms with Crippen molar-refractivity contribution in [2.45, 2.75) is 99.3 Å². The maximum absolute atomic E-state index is 12.1. The topological polar surface area (TPSA) is 17.1 Å². The number of allylic oxidation sites excluding steroid dienone is 3. The Labute approximate surface area is 186 Å². The number of carbonyl (C=O) groups excluding carboxylic acids is 1. The van der Waals surface area contributed by atoms with Gasteiger partial charge in [-0.05, 0) is 110 Å². The fraction of sp³-hybridized carbons (Fsp3) is 0.828. The SMILES string of the molecule is CC[C@@H](C=C[C@@H](C)[C@H]1CC[C@H]2[C@@H]3CCC4=CC(=O)CC[C@]4(C)[C@H]3CC[C@]12C)C(C)C. The van der Waals surface area contributed by atoms with Crippen LogP contribution in [0.2, 0.25) is 0 Å². The Morgan fingerprint density at radius 1 is 1.00 bits per heavy atom. The Kier molecular flexibility index (Phi) is 6.15. The summed E-state index contributed by atoms with van der Waals surface area (Å²) in [7, 11) is 0. The highest BCUT2D eigenvalue weighted by atomic mass is 16.1. The number of rotatable bonds is 5. The monoisotopic (exact) mass is 410 g/mol. The highest BCUT2D eigenvalue weighted by Crippen LogP contribution is 2.67. The average Bonchev–Trinajstić information content (AvgIpc) is 3.06. The summed E-state index contributed by atoms with van der Waals surface area (Å²) in [5.41, 5.74) is 2.34. The summed E-state index contributed by atoms with van der Waals surface area (Å²) in [6.45, 7) is 14.7. The lowest BCUT2D eigenvalue weighted by Crippen LogP contribution is -2.50. The van der Waals surface area contributed by atoms with Crippen molar-refractivity contribution in [1.29, 1.82) is 0 Å². The van der Waals surface area contributed by atoms with E-state index in [0.29, 0.717) is 22.5 Å². The van der Waals surface area contributed by atoms with Gasteiger partial charge in [0.15, 0.2) is 5.78 Å². The summed E-state index contributed by atoms with van der Waals surface area (Å²) >= 11 is 0. The highest BCUT2D eigenvalue weighted by molar-refractivity contribution is 5.91. The van der Waals surface area contributed by atoms with Gasteiger partial charge in [0.1, 0.15) is 0 Å². The highest BCUT2D eigenvalue weighted by Gasteiger charge is 2.59. The Hall–Kier alpha value is -0.850. The van der Waals surface area contributed by atoms with Gasteiger partial charge in [0.05, 0.1) is 0 Å². The molecular weight excluding hydrogens is 364 g/mol. The molecule has 0 aliphatic heterocycles. The predicted molar refractivity (Wildman–Crippen MR) is 127 cm³/mol. The summed E-state index contributed by atoms with van der Waals surface area (Å²) in [4.78, 5) is 12.1. The van der Waals surface area contributed by atoms with Gasteiger partial charge in [-0.3, -0.25) is 4.79 Å². The van der Waals surface area contributed by atoms with Gasteiger partial charge in [-0.2, -0.15) is 0 Å². The molecule has 0 spiro atoms. The van der Waals surface area contributed by atoms with Crippen molar-refractivity contribution in [2.75, 3.05) is 0 Å². The van der Waals surface area contributed by atoms with Crippen molar-refractivity contribution in [2.24, 2.45) is 52.3 Å². The van der Waals surface area contributed by atoms with Crippen LogP contribution in [0.15, 0.2) is 23.8 Å². The van der Waals surface area contributed by atoms with E-state index < -0.39 is 0 Å². The van der Waals surface area contributed by atoms with Crippen LogP contribution in [0.25, 0.3) is 0 Å². The van der Waals surface area contributed by atoms with Gasteiger partial charge in [0, 0.05) is 6.42 Å². The summed E-state index contributed by atoms with van der Waals surface area (Å²) in [5, 5.41) is 0. The summed E-state index contributed by atoms with van der Waals surface area (Å²) in [6.07, 6.45) is 18.5. The van der Waals surface area contributed by atoms with E-state index in [1.54, 1.807) is 0 Å². The minimum Gasteiger partial charge on any atom is -0.295 e. The molecule has 0 saturated heterocycles. The molecule has 0 unspecified atom stereocenters. The fourth-order valence-corrected chi connectivity index (χ4v) is 8.75. The van der Waals surface area contributed by atoms with Gasteiger partial charge in [0.2, 0.25) is 0 Å². The quantitative estimate of drug-likeness (QED) is 0.419. The summed E-state index contributed by atoms with van der Waals surface area (Å²) in [6, 6.07) is 0. The third-order valence-electron chi connectivity index (χ3n) is 10.7. The first-order valence-electron chi connectivity index (χ1n) is 13.1. The minimum atomic E-state index is 0.313. The van der Waals surface area contributed by atoms with E-state index in [-0.39, 0.29) is 0 Å². The van der Waals surface area contributed by atoms with Crippen molar-refractivity contribution in [3.05, 3.63) is 23.8 Å². The van der Waals surface area contributed by atoms with Crippen molar-refractivity contribution >= 4 is 5.78 Å². The molecule has 4 aliphatic carbocycles. The van der Waals surface area contributed by atoms with Crippen molar-refractivity contribution in [1.82, 2.24) is 0 Å². The predicted octanol–water partition coefficient (Wildman–Crippen LogP) is 8.01. The van der Waals surface area contributed by atoms with E-state index in [1.165, 1.54) is 50.5 Å². The average molecular weight is 411 g/mol. The van der Waals surface area contributed by atoms with Crippen LogP contribution in [-0.4, -0.2) is 5.78 Å². The molecule has 4 aliphatic rings. The van der Waals surface area contributed by atoms with Crippen LogP contribution in [0.4, 0.5) is 0 Å². The van der Waals surface area contributed by atoms with Crippen LogP contribution < -0.4 is 0 Å². The Morgan fingerprint density at radius 3 is 2.47 bits per heavy atom. The van der Waals surface area contributed by atoms with Crippen molar-refractivity contribution in [3.63, 3.8) is 0 Å². The lowest BCUT2D eigenvalue weighted by atomic mass is 9.46. The maximum atomic E-state index is 12.1. The first-order chi connectivity index (χ1) is 14.2. The Balaban J connectivity index is 1.52. The van der Waals surface area contributed by atoms with E-state index in [1.807, 2.05) is 0 Å². The van der Waals surface area contributed by atoms with Crippen LogP contribution in [0.5, 0.6) is 0 Å². The zero-order valence-electron chi connectivity index (χ0n) is 20.5. The van der Waals surface area contributed by atoms with Gasteiger partial charge in [0.25, 0.3) is 0 Å². The number of hydrogen-bond acceptors (Lipinski definition) is 1. The zero-order chi connectivity index (χ0) is 21.7. The largest absolute Gasteiger partial charge is 0.295 e. The van der Waals surface area contributed by atoms with E-state index in [4.69, 9.17) is 0 Å². The molecule has 0 aromatic heterocycles. The molecule has 168 valence electrons. The molecule has 0 aromatic rings. The second-order valence-corrected chi connectivity index (χ2v) is 12.3. The molecule has 8 atom stereocenters. The van der Waals surface area contributed by atoms with E-state index in [2.05, 4.69) is 59.8 Å². The second kappa shape index (κ2) is 8.25. The number of hydrogen-bond donors (Lipinski definition) is 0. The number of fused-ring (bicyclic) bond motifs is 5. The lowest BCUT2D eigenvalue weighted by Gasteiger charge is -2.58. The van der Waals surface area contributed by atoms with Crippen LogP contribution in [0.3, 0.4) is 0 Å². The van der Waals surface area contributed by atoms with Gasteiger partial charge < -0.3 is 0 Å². The number of ketones is 1. The molecule has 3 fully saturated rings. The smallest absolute Gasteiger partial charge is 0.155 e. The van der Waals surface area contributed by atoms with E-state index >= 15 is 0 Å². The normalized spacial score (nSPS) is 43.2. The first-order valence-corrected chi connectivity index (χ1v) is 13.1. The van der Waals surface area contributed by atoms with Crippen LogP contribution in [0, 0.1) is 52.3 Å². The van der Waals surface area contributed by atoms with Gasteiger partial charge >= 0.3 is 0 Å². The molecule has 0 N–H and O–H groups in total. The molecule has 1 nitrogen and oxygen atoms in total. The van der Waals surface area contributed by atoms with E-state index in [9.17, 15) is 4.79 Å². The summed E-state index contributed by atoms with van der Waals surface area (Å²) < 4.78 is 0. The van der Waals surface area contributed by atoms with Crippen LogP contribution >= 0.6 is 0 Å². The minimum absolute atomic E-state index is 0.313. The standard InChI is InChI=1S/C29H46O/c1-7-21(19(2)3)9-8-20(4)25-12-13-26-24-11-10-22-18-23(30)14-16-28(22,5)27(24)15-17-29(25,26)6/h8-9,18-21,24-27H,7,10-17H2,1-6H3/t20-,21+,24+,25-,26+,27+,28+,29-/m1/s1. The fourth-order valence-electron chi connectivity index (χ4n) is 8.75. The van der Waals surface area contributed by atoms with Crippen molar-refractivity contribution < 1.29 is 4.79 Å². The maximum Gasteiger partial charge on any atom is 0.155 e. The van der Waals surface area contributed by atoms with Crippen LogP contribution in [0.1, 0.15) is 99.3 Å². The molecule has 0 bridgehead atoms. The third-order valence-corrected chi connectivity index (χ3v) is 10.7. The number of carbonyl (C=O) groups is 1. The molecule has 0 radical (unpaired) electrons. The van der Waals surface area contributed by atoms with Gasteiger partial charge in [-0.25, -0.2) is 0 Å². The first kappa shape index (κ1) is 22.3. The zero-order valence-corrected chi connectivity index (χ0v) is 20.5. The molecule has 0 aromatic carbocycles. The second-order valence-electron chi connectivity index (χ2n) is 12.3. The summed E-state index contributed by atoms with van der Waals surface area (Å²) in [5.74, 6) is 6.01. The third kappa shape index (κ3) is 3.57.